The molecule has 1 atom stereocenters. The topological polar surface area (TPSA) is 87.3 Å². The molecule has 0 N–H and O–H groups in total. The molecule has 0 amide bonds. The van der Waals surface area contributed by atoms with E-state index in [1.54, 1.807) is 22.8 Å². The Balaban J connectivity index is 1.95. The van der Waals surface area contributed by atoms with Crippen LogP contribution in [0.2, 0.25) is 0 Å². The third kappa shape index (κ3) is 5.02. The molecule has 7 nitrogen and oxygen atoms in total. The van der Waals surface area contributed by atoms with Crippen molar-refractivity contribution in [1.29, 1.82) is 0 Å². The van der Waals surface area contributed by atoms with Crippen LogP contribution >= 0.6 is 11.8 Å². The zero-order chi connectivity index (χ0) is 20.8. The fourth-order valence-electron chi connectivity index (χ4n) is 3.02. The first-order valence-electron chi connectivity index (χ1n) is 9.49. The summed E-state index contributed by atoms with van der Waals surface area (Å²) in [5, 5.41) is 12.2. The zero-order valence-corrected chi connectivity index (χ0v) is 17.2. The lowest BCUT2D eigenvalue weighted by atomic mass is 10.1. The fourth-order valence-corrected chi connectivity index (χ4v) is 4.07. The predicted molar refractivity (Wildman–Crippen MR) is 114 cm³/mol. The van der Waals surface area contributed by atoms with Crippen LogP contribution in [0.1, 0.15) is 31.1 Å². The van der Waals surface area contributed by atoms with Gasteiger partial charge in [0.05, 0.1) is 15.8 Å². The maximum Gasteiger partial charge on any atom is 0.269 e. The Labute approximate surface area is 172 Å². The van der Waals surface area contributed by atoms with Gasteiger partial charge in [0, 0.05) is 37.1 Å². The van der Waals surface area contributed by atoms with Gasteiger partial charge in [0.25, 0.3) is 11.2 Å². The molecule has 1 unspecified atom stereocenters. The molecule has 8 heteroatoms. The summed E-state index contributed by atoms with van der Waals surface area (Å²) in [5.74, 6) is 0. The number of benzene rings is 2. The van der Waals surface area contributed by atoms with E-state index in [0.717, 1.165) is 5.56 Å². The molecule has 152 valence electrons. The van der Waals surface area contributed by atoms with Crippen molar-refractivity contribution in [3.05, 3.63) is 74.6 Å². The smallest absolute Gasteiger partial charge is 0.269 e. The van der Waals surface area contributed by atoms with Crippen LogP contribution < -0.4 is 5.56 Å². The zero-order valence-electron chi connectivity index (χ0n) is 16.4. The average molecular weight is 413 g/mol. The molecular weight excluding hydrogens is 390 g/mol. The number of para-hydroxylation sites is 1. The number of nitro benzene ring substituents is 1. The molecule has 3 aromatic rings. The average Bonchev–Trinajstić information content (AvgIpc) is 2.73. The molecular formula is C21H23N3O4S. The number of ether oxygens (including phenoxy) is 1. The first kappa shape index (κ1) is 21.0. The Hall–Kier alpha value is -2.71. The van der Waals surface area contributed by atoms with Gasteiger partial charge in [0.2, 0.25) is 0 Å². The van der Waals surface area contributed by atoms with Crippen molar-refractivity contribution in [2.45, 2.75) is 37.2 Å². The molecule has 0 aliphatic heterocycles. The van der Waals surface area contributed by atoms with Gasteiger partial charge >= 0.3 is 0 Å². The van der Waals surface area contributed by atoms with E-state index in [1.165, 1.54) is 17.8 Å². The summed E-state index contributed by atoms with van der Waals surface area (Å²) >= 11 is 1.42. The molecule has 0 radical (unpaired) electrons. The highest BCUT2D eigenvalue weighted by molar-refractivity contribution is 7.99. The van der Waals surface area contributed by atoms with Crippen LogP contribution in [0.5, 0.6) is 0 Å². The van der Waals surface area contributed by atoms with Crippen LogP contribution in [0, 0.1) is 10.1 Å². The van der Waals surface area contributed by atoms with Crippen molar-refractivity contribution >= 4 is 28.4 Å². The monoisotopic (exact) mass is 413 g/mol. The molecule has 2 aromatic carbocycles. The van der Waals surface area contributed by atoms with Crippen LogP contribution in [0.15, 0.2) is 58.5 Å². The Bertz CT molecular complexity index is 1070. The summed E-state index contributed by atoms with van der Waals surface area (Å²) in [6.45, 7) is 5.60. The van der Waals surface area contributed by atoms with Crippen molar-refractivity contribution in [3.63, 3.8) is 0 Å². The van der Waals surface area contributed by atoms with Gasteiger partial charge in [-0.05, 0) is 38.0 Å². The standard InChI is InChI=1S/C21H23N3O4S/c1-3-28-13-7-12-23-20(25)18-10-4-5-11-19(18)22-21(23)29-15(2)16-8-6-9-17(14-16)24(26)27/h4-6,8-11,14-15H,3,7,12-13H2,1-2H3. The predicted octanol–water partition coefficient (Wildman–Crippen LogP) is 4.58. The number of aromatic nitrogens is 2. The van der Waals surface area contributed by atoms with E-state index >= 15 is 0 Å². The van der Waals surface area contributed by atoms with Gasteiger partial charge in [0.15, 0.2) is 5.16 Å². The van der Waals surface area contributed by atoms with E-state index < -0.39 is 4.92 Å². The summed E-state index contributed by atoms with van der Waals surface area (Å²) < 4.78 is 7.08. The number of thioether (sulfide) groups is 1. The normalized spacial score (nSPS) is 12.2. The minimum absolute atomic E-state index is 0.0514. The van der Waals surface area contributed by atoms with Crippen LogP contribution in [0.3, 0.4) is 0 Å². The van der Waals surface area contributed by atoms with Crippen molar-refractivity contribution in [3.8, 4) is 0 Å². The molecule has 1 aromatic heterocycles. The minimum Gasteiger partial charge on any atom is -0.382 e. The number of non-ortho nitro benzene ring substituents is 1. The molecule has 1 heterocycles. The molecule has 0 fully saturated rings. The van der Waals surface area contributed by atoms with Gasteiger partial charge in [-0.25, -0.2) is 4.98 Å². The van der Waals surface area contributed by atoms with E-state index in [2.05, 4.69) is 0 Å². The van der Waals surface area contributed by atoms with E-state index in [-0.39, 0.29) is 16.5 Å². The number of nitrogens with zero attached hydrogens (tertiary/aromatic N) is 3. The lowest BCUT2D eigenvalue weighted by Crippen LogP contribution is -2.24. The molecule has 0 bridgehead atoms. The summed E-state index contributed by atoms with van der Waals surface area (Å²) in [5.41, 5.74) is 1.43. The number of hydrogen-bond donors (Lipinski definition) is 0. The first-order chi connectivity index (χ1) is 14.0. The molecule has 3 rings (SSSR count). The van der Waals surface area contributed by atoms with Crippen LogP contribution in [0.25, 0.3) is 10.9 Å². The van der Waals surface area contributed by atoms with Gasteiger partial charge in [-0.15, -0.1) is 0 Å². The number of nitro groups is 1. The summed E-state index contributed by atoms with van der Waals surface area (Å²) in [6.07, 6.45) is 0.701. The van der Waals surface area contributed by atoms with Gasteiger partial charge < -0.3 is 4.74 Å². The second-order valence-electron chi connectivity index (χ2n) is 6.53. The number of hydrogen-bond acceptors (Lipinski definition) is 6. The number of fused-ring (bicyclic) bond motifs is 1. The van der Waals surface area contributed by atoms with Crippen LogP contribution in [-0.4, -0.2) is 27.7 Å². The third-order valence-corrected chi connectivity index (χ3v) is 5.68. The van der Waals surface area contributed by atoms with Gasteiger partial charge in [-0.3, -0.25) is 19.5 Å². The van der Waals surface area contributed by atoms with Gasteiger partial charge in [-0.2, -0.15) is 0 Å². The van der Waals surface area contributed by atoms with Crippen molar-refractivity contribution < 1.29 is 9.66 Å². The second-order valence-corrected chi connectivity index (χ2v) is 7.84. The Morgan fingerprint density at radius 1 is 1.24 bits per heavy atom. The van der Waals surface area contributed by atoms with Gasteiger partial charge in [0.1, 0.15) is 0 Å². The highest BCUT2D eigenvalue weighted by Crippen LogP contribution is 2.35. The highest BCUT2D eigenvalue weighted by Gasteiger charge is 2.17. The van der Waals surface area contributed by atoms with E-state index in [9.17, 15) is 14.9 Å². The first-order valence-corrected chi connectivity index (χ1v) is 10.4. The largest absolute Gasteiger partial charge is 0.382 e. The van der Waals surface area contributed by atoms with Gasteiger partial charge in [-0.1, -0.05) is 36.0 Å². The second kappa shape index (κ2) is 9.67. The Morgan fingerprint density at radius 3 is 2.79 bits per heavy atom. The molecule has 0 aliphatic rings. The summed E-state index contributed by atoms with van der Waals surface area (Å²) in [6, 6.07) is 13.8. The Morgan fingerprint density at radius 2 is 2.03 bits per heavy atom. The number of rotatable bonds is 9. The summed E-state index contributed by atoms with van der Waals surface area (Å²) in [7, 11) is 0. The molecule has 29 heavy (non-hydrogen) atoms. The van der Waals surface area contributed by atoms with Crippen molar-refractivity contribution in [2.24, 2.45) is 0 Å². The highest BCUT2D eigenvalue weighted by atomic mass is 32.2. The lowest BCUT2D eigenvalue weighted by Gasteiger charge is -2.16. The summed E-state index contributed by atoms with van der Waals surface area (Å²) in [4.78, 5) is 28.4. The third-order valence-electron chi connectivity index (χ3n) is 4.53. The fraction of sp³-hybridized carbons (Fsp3) is 0.333. The quantitative estimate of drug-likeness (QED) is 0.168. The van der Waals surface area contributed by atoms with Crippen molar-refractivity contribution in [2.75, 3.05) is 13.2 Å². The molecule has 0 aliphatic carbocycles. The van der Waals surface area contributed by atoms with Crippen LogP contribution in [-0.2, 0) is 11.3 Å². The molecule has 0 saturated carbocycles. The Kier molecular flexibility index (Phi) is 7.00. The molecule has 0 saturated heterocycles. The van der Waals surface area contributed by atoms with Crippen LogP contribution in [0.4, 0.5) is 5.69 Å². The molecule has 0 spiro atoms. The van der Waals surface area contributed by atoms with E-state index in [1.807, 2.05) is 38.1 Å². The van der Waals surface area contributed by atoms with Crippen molar-refractivity contribution in [1.82, 2.24) is 9.55 Å². The maximum absolute atomic E-state index is 13.1. The SMILES string of the molecule is CCOCCCn1c(SC(C)c2cccc([N+](=O)[O-])c2)nc2ccccc2c1=O. The maximum atomic E-state index is 13.1. The van der Waals surface area contributed by atoms with E-state index in [0.29, 0.717) is 42.2 Å². The lowest BCUT2D eigenvalue weighted by molar-refractivity contribution is -0.384. The van der Waals surface area contributed by atoms with E-state index in [4.69, 9.17) is 9.72 Å². The minimum atomic E-state index is -0.404.